The van der Waals surface area contributed by atoms with Crippen LogP contribution in [0.2, 0.25) is 0 Å². The lowest BCUT2D eigenvalue weighted by molar-refractivity contribution is -0.137. The summed E-state index contributed by atoms with van der Waals surface area (Å²) < 4.78 is 38.5. The predicted octanol–water partition coefficient (Wildman–Crippen LogP) is 4.11. The minimum Gasteiger partial charge on any atom is -0.358 e. The van der Waals surface area contributed by atoms with Gasteiger partial charge in [-0.05, 0) is 32.0 Å². The van der Waals surface area contributed by atoms with Crippen molar-refractivity contribution in [2.75, 3.05) is 16.4 Å². The zero-order chi connectivity index (χ0) is 17.7. The van der Waals surface area contributed by atoms with Crippen LogP contribution in [0.3, 0.4) is 0 Å². The summed E-state index contributed by atoms with van der Waals surface area (Å²) in [6, 6.07) is 4.74. The predicted molar refractivity (Wildman–Crippen MR) is 89.5 cm³/mol. The molecule has 0 saturated heterocycles. The molecule has 2 aromatic rings. The van der Waals surface area contributed by atoms with Crippen molar-refractivity contribution in [2.24, 2.45) is 0 Å². The fourth-order valence-corrected chi connectivity index (χ4v) is 3.37. The van der Waals surface area contributed by atoms with E-state index in [2.05, 4.69) is 20.8 Å². The zero-order valence-corrected chi connectivity index (χ0v) is 14.5. The van der Waals surface area contributed by atoms with Crippen LogP contribution in [0, 0.1) is 0 Å². The van der Waals surface area contributed by atoms with Crippen molar-refractivity contribution < 1.29 is 18.0 Å². The smallest absolute Gasteiger partial charge is 0.358 e. The molecule has 0 fully saturated rings. The summed E-state index contributed by atoms with van der Waals surface area (Å²) in [6.45, 7) is 3.94. The van der Waals surface area contributed by atoms with Crippen LogP contribution < -0.4 is 10.6 Å². The number of halogens is 3. The van der Waals surface area contributed by atoms with Crippen molar-refractivity contribution in [1.82, 2.24) is 10.2 Å². The highest BCUT2D eigenvalue weighted by atomic mass is 32.2. The first-order chi connectivity index (χ1) is 11.2. The number of rotatable bonds is 6. The molecule has 1 aromatic heterocycles. The van der Waals surface area contributed by atoms with E-state index in [9.17, 15) is 18.0 Å². The van der Waals surface area contributed by atoms with Crippen molar-refractivity contribution in [3.63, 3.8) is 0 Å². The van der Waals surface area contributed by atoms with Crippen molar-refractivity contribution in [2.45, 2.75) is 30.4 Å². The monoisotopic (exact) mass is 376 g/mol. The number of nitrogens with zero attached hydrogens (tertiary/aromatic N) is 2. The minimum atomic E-state index is -4.44. The number of thioether (sulfide) groups is 1. The molecule has 0 radical (unpaired) electrons. The molecule has 0 spiro atoms. The van der Waals surface area contributed by atoms with Gasteiger partial charge in [0.25, 0.3) is 0 Å². The van der Waals surface area contributed by atoms with E-state index in [4.69, 9.17) is 0 Å². The SMILES string of the molecule is CC(C)Nc1nnc(SCC(=O)Nc2cccc(C(F)(F)F)c2)s1. The molecule has 5 nitrogen and oxygen atoms in total. The van der Waals surface area contributed by atoms with Gasteiger partial charge in [-0.25, -0.2) is 0 Å². The molecule has 10 heteroatoms. The van der Waals surface area contributed by atoms with Crippen LogP contribution in [0.15, 0.2) is 28.6 Å². The van der Waals surface area contributed by atoms with Gasteiger partial charge in [-0.15, -0.1) is 10.2 Å². The molecular formula is C14H15F3N4OS2. The minimum absolute atomic E-state index is 0.0343. The van der Waals surface area contributed by atoms with Gasteiger partial charge in [0.1, 0.15) is 0 Å². The highest BCUT2D eigenvalue weighted by Crippen LogP contribution is 2.31. The summed E-state index contributed by atoms with van der Waals surface area (Å²) in [4.78, 5) is 11.9. The van der Waals surface area contributed by atoms with Crippen LogP contribution in [-0.2, 0) is 11.0 Å². The number of alkyl halides is 3. The first-order valence-electron chi connectivity index (χ1n) is 6.94. The lowest BCUT2D eigenvalue weighted by Gasteiger charge is -2.09. The molecular weight excluding hydrogens is 361 g/mol. The fourth-order valence-electron chi connectivity index (χ4n) is 1.67. The maximum absolute atomic E-state index is 12.6. The van der Waals surface area contributed by atoms with E-state index in [1.54, 1.807) is 0 Å². The summed E-state index contributed by atoms with van der Waals surface area (Å²) in [5.74, 6) is -0.375. The van der Waals surface area contributed by atoms with E-state index in [1.807, 2.05) is 13.8 Å². The van der Waals surface area contributed by atoms with Gasteiger partial charge < -0.3 is 10.6 Å². The van der Waals surface area contributed by atoms with Crippen molar-refractivity contribution >= 4 is 39.8 Å². The van der Waals surface area contributed by atoms with E-state index in [1.165, 1.54) is 35.2 Å². The number of hydrogen-bond acceptors (Lipinski definition) is 6. The number of nitrogens with one attached hydrogen (secondary N) is 2. The molecule has 130 valence electrons. The van der Waals surface area contributed by atoms with Crippen LogP contribution in [0.4, 0.5) is 24.0 Å². The number of carbonyl (C=O) groups excluding carboxylic acids is 1. The first kappa shape index (κ1) is 18.5. The van der Waals surface area contributed by atoms with Crippen LogP contribution in [0.1, 0.15) is 19.4 Å². The highest BCUT2D eigenvalue weighted by molar-refractivity contribution is 8.01. The van der Waals surface area contributed by atoms with Crippen LogP contribution in [-0.4, -0.2) is 27.9 Å². The molecule has 1 aromatic carbocycles. The van der Waals surface area contributed by atoms with Crippen LogP contribution in [0.5, 0.6) is 0 Å². The van der Waals surface area contributed by atoms with E-state index in [0.29, 0.717) is 9.47 Å². The summed E-state index contributed by atoms with van der Waals surface area (Å²) in [7, 11) is 0. The van der Waals surface area contributed by atoms with E-state index in [0.717, 1.165) is 12.1 Å². The zero-order valence-electron chi connectivity index (χ0n) is 12.8. The summed E-state index contributed by atoms with van der Waals surface area (Å²) in [5.41, 5.74) is -0.698. The van der Waals surface area contributed by atoms with Gasteiger partial charge in [0.2, 0.25) is 11.0 Å². The molecule has 24 heavy (non-hydrogen) atoms. The normalized spacial score (nSPS) is 11.6. The second kappa shape index (κ2) is 7.84. The Morgan fingerprint density at radius 3 is 2.75 bits per heavy atom. The third-order valence-corrected chi connectivity index (χ3v) is 4.61. The molecule has 2 rings (SSSR count). The van der Waals surface area contributed by atoms with Gasteiger partial charge >= 0.3 is 6.18 Å². The molecule has 0 saturated carbocycles. The average Bonchev–Trinajstić information content (AvgIpc) is 2.91. The molecule has 2 N–H and O–H groups in total. The van der Waals surface area contributed by atoms with Crippen molar-refractivity contribution in [1.29, 1.82) is 0 Å². The average molecular weight is 376 g/mol. The molecule has 0 unspecified atom stereocenters. The maximum Gasteiger partial charge on any atom is 0.416 e. The second-order valence-electron chi connectivity index (χ2n) is 5.09. The van der Waals surface area contributed by atoms with E-state index < -0.39 is 17.6 Å². The number of hydrogen-bond donors (Lipinski definition) is 2. The van der Waals surface area contributed by atoms with Crippen molar-refractivity contribution in [3.8, 4) is 0 Å². The molecule has 0 atom stereocenters. The number of aromatic nitrogens is 2. The maximum atomic E-state index is 12.6. The number of anilines is 2. The number of benzene rings is 1. The highest BCUT2D eigenvalue weighted by Gasteiger charge is 2.30. The van der Waals surface area contributed by atoms with Gasteiger partial charge in [0.15, 0.2) is 4.34 Å². The summed E-state index contributed by atoms with van der Waals surface area (Å²) in [6.07, 6.45) is -4.44. The lowest BCUT2D eigenvalue weighted by atomic mass is 10.2. The van der Waals surface area contributed by atoms with Gasteiger partial charge in [-0.2, -0.15) is 13.2 Å². The van der Waals surface area contributed by atoms with Gasteiger partial charge in [0.05, 0.1) is 11.3 Å². The lowest BCUT2D eigenvalue weighted by Crippen LogP contribution is -2.15. The Morgan fingerprint density at radius 2 is 2.08 bits per heavy atom. The molecule has 0 aliphatic heterocycles. The largest absolute Gasteiger partial charge is 0.416 e. The number of carbonyl (C=O) groups is 1. The van der Waals surface area contributed by atoms with E-state index >= 15 is 0 Å². The Morgan fingerprint density at radius 1 is 1.33 bits per heavy atom. The second-order valence-corrected chi connectivity index (χ2v) is 7.29. The van der Waals surface area contributed by atoms with Crippen molar-refractivity contribution in [3.05, 3.63) is 29.8 Å². The molecule has 0 aliphatic carbocycles. The fraction of sp³-hybridized carbons (Fsp3) is 0.357. The van der Waals surface area contributed by atoms with Gasteiger partial charge in [-0.1, -0.05) is 29.2 Å². The Kier molecular flexibility index (Phi) is 6.05. The Hall–Kier alpha value is -1.81. The third kappa shape index (κ3) is 5.68. The quantitative estimate of drug-likeness (QED) is 0.743. The third-order valence-electron chi connectivity index (χ3n) is 2.62. The Balaban J connectivity index is 1.88. The molecule has 0 bridgehead atoms. The van der Waals surface area contributed by atoms with Crippen LogP contribution >= 0.6 is 23.1 Å². The molecule has 1 amide bonds. The van der Waals surface area contributed by atoms with Gasteiger partial charge in [-0.3, -0.25) is 4.79 Å². The summed E-state index contributed by atoms with van der Waals surface area (Å²) in [5, 5.41) is 14.1. The number of amides is 1. The Bertz CT molecular complexity index is 703. The first-order valence-corrected chi connectivity index (χ1v) is 8.74. The van der Waals surface area contributed by atoms with Gasteiger partial charge in [0, 0.05) is 11.7 Å². The molecule has 0 aliphatic rings. The standard InChI is InChI=1S/C14H15F3N4OS2/c1-8(2)18-12-20-21-13(24-12)23-7-11(22)19-10-5-3-4-9(6-10)14(15,16)17/h3-6,8H,7H2,1-2H3,(H,18,20)(H,19,22). The van der Waals surface area contributed by atoms with E-state index in [-0.39, 0.29) is 17.5 Å². The topological polar surface area (TPSA) is 66.9 Å². The molecule has 1 heterocycles. The Labute approximate surface area is 145 Å². The van der Waals surface area contributed by atoms with Crippen LogP contribution in [0.25, 0.3) is 0 Å². The summed E-state index contributed by atoms with van der Waals surface area (Å²) >= 11 is 2.49.